The average Bonchev–Trinajstić information content (AvgIpc) is 2.93. The van der Waals surface area contributed by atoms with Crippen molar-refractivity contribution in [2.75, 3.05) is 44.7 Å². The molecule has 1 aromatic heterocycles. The number of likely N-dealkylation sites (tertiary alicyclic amines) is 1. The van der Waals surface area contributed by atoms with Gasteiger partial charge in [0.1, 0.15) is 5.82 Å². The van der Waals surface area contributed by atoms with Crippen LogP contribution in [0.2, 0.25) is 0 Å². The summed E-state index contributed by atoms with van der Waals surface area (Å²) in [5.74, 6) is 1.37. The van der Waals surface area contributed by atoms with Crippen LogP contribution in [0, 0.1) is 6.92 Å². The molecule has 1 amide bonds. The average molecular weight is 288 g/mol. The molecule has 3 rings (SSSR count). The molecule has 21 heavy (non-hydrogen) atoms. The molecule has 5 nitrogen and oxygen atoms in total. The number of aryl methyl sites for hydroxylation is 1. The first-order chi connectivity index (χ1) is 10.2. The number of carbonyl (C=O) groups excluding carboxylic acids is 1. The van der Waals surface area contributed by atoms with Gasteiger partial charge in [0.25, 0.3) is 0 Å². The van der Waals surface area contributed by atoms with E-state index in [1.165, 1.54) is 5.56 Å². The highest BCUT2D eigenvalue weighted by molar-refractivity contribution is 5.82. The van der Waals surface area contributed by atoms with Crippen LogP contribution in [0.15, 0.2) is 18.3 Å². The molecule has 0 aliphatic carbocycles. The number of hydrogen-bond donors (Lipinski definition) is 0. The maximum absolute atomic E-state index is 12.6. The van der Waals surface area contributed by atoms with Crippen LogP contribution in [0.4, 0.5) is 5.82 Å². The van der Waals surface area contributed by atoms with Gasteiger partial charge in [0.2, 0.25) is 5.91 Å². The molecule has 1 aromatic rings. The van der Waals surface area contributed by atoms with Gasteiger partial charge in [0, 0.05) is 32.4 Å². The van der Waals surface area contributed by atoms with Crippen LogP contribution in [-0.2, 0) is 4.79 Å². The standard InChI is InChI=1S/C16H24N4O/c1-13-5-3-7-17-15(13)19-9-11-20(12-10-19)16(21)14-6-4-8-18(14)2/h3,5,7,14H,4,6,8-12H2,1-2H3/t14-/m0/s1. The summed E-state index contributed by atoms with van der Waals surface area (Å²) in [6, 6.07) is 4.16. The molecule has 5 heteroatoms. The van der Waals surface area contributed by atoms with Gasteiger partial charge in [0.05, 0.1) is 6.04 Å². The number of likely N-dealkylation sites (N-methyl/N-ethyl adjacent to an activating group) is 1. The third-order valence-electron chi connectivity index (χ3n) is 4.68. The van der Waals surface area contributed by atoms with Gasteiger partial charge >= 0.3 is 0 Å². The van der Waals surface area contributed by atoms with Gasteiger partial charge in [-0.2, -0.15) is 0 Å². The third kappa shape index (κ3) is 2.88. The highest BCUT2D eigenvalue weighted by Crippen LogP contribution is 2.21. The van der Waals surface area contributed by atoms with Gasteiger partial charge in [0.15, 0.2) is 0 Å². The highest BCUT2D eigenvalue weighted by atomic mass is 16.2. The van der Waals surface area contributed by atoms with E-state index < -0.39 is 0 Å². The fourth-order valence-corrected chi connectivity index (χ4v) is 3.38. The maximum atomic E-state index is 12.6. The largest absolute Gasteiger partial charge is 0.353 e. The van der Waals surface area contributed by atoms with Gasteiger partial charge in [-0.05, 0) is 45.0 Å². The van der Waals surface area contributed by atoms with Crippen molar-refractivity contribution in [1.29, 1.82) is 0 Å². The van der Waals surface area contributed by atoms with E-state index in [0.29, 0.717) is 5.91 Å². The van der Waals surface area contributed by atoms with Crippen LogP contribution < -0.4 is 4.90 Å². The van der Waals surface area contributed by atoms with Crippen LogP contribution in [0.3, 0.4) is 0 Å². The summed E-state index contributed by atoms with van der Waals surface area (Å²) >= 11 is 0. The van der Waals surface area contributed by atoms with Crippen LogP contribution >= 0.6 is 0 Å². The second-order valence-electron chi connectivity index (χ2n) is 6.09. The van der Waals surface area contributed by atoms with Crippen molar-refractivity contribution in [2.45, 2.75) is 25.8 Å². The zero-order valence-corrected chi connectivity index (χ0v) is 13.0. The molecule has 2 fully saturated rings. The summed E-state index contributed by atoms with van der Waals surface area (Å²) in [6.07, 6.45) is 3.99. The second-order valence-corrected chi connectivity index (χ2v) is 6.09. The molecule has 0 aromatic carbocycles. The van der Waals surface area contributed by atoms with Gasteiger partial charge in [-0.3, -0.25) is 9.69 Å². The molecule has 0 bridgehead atoms. The maximum Gasteiger partial charge on any atom is 0.240 e. The van der Waals surface area contributed by atoms with Crippen molar-refractivity contribution >= 4 is 11.7 Å². The van der Waals surface area contributed by atoms with Crippen LogP contribution in [0.5, 0.6) is 0 Å². The number of nitrogens with zero attached hydrogens (tertiary/aromatic N) is 4. The number of rotatable bonds is 2. The van der Waals surface area contributed by atoms with E-state index in [2.05, 4.69) is 34.8 Å². The van der Waals surface area contributed by atoms with E-state index in [1.54, 1.807) is 0 Å². The third-order valence-corrected chi connectivity index (χ3v) is 4.68. The molecule has 2 saturated heterocycles. The Balaban J connectivity index is 1.60. The number of aromatic nitrogens is 1. The Hall–Kier alpha value is -1.62. The predicted molar refractivity (Wildman–Crippen MR) is 83.4 cm³/mol. The Morgan fingerprint density at radius 3 is 2.62 bits per heavy atom. The van der Waals surface area contributed by atoms with Crippen LogP contribution in [-0.4, -0.2) is 66.5 Å². The van der Waals surface area contributed by atoms with E-state index in [-0.39, 0.29) is 6.04 Å². The Bertz CT molecular complexity index is 511. The van der Waals surface area contributed by atoms with Crippen LogP contribution in [0.25, 0.3) is 0 Å². The molecule has 0 unspecified atom stereocenters. The first-order valence-electron chi connectivity index (χ1n) is 7.82. The Kier molecular flexibility index (Phi) is 4.10. The SMILES string of the molecule is Cc1cccnc1N1CCN(C(=O)[C@@H]2CCCN2C)CC1. The normalized spacial score (nSPS) is 23.6. The highest BCUT2D eigenvalue weighted by Gasteiger charge is 2.32. The molecular weight excluding hydrogens is 264 g/mol. The number of amides is 1. The summed E-state index contributed by atoms with van der Waals surface area (Å²) in [5, 5.41) is 0. The lowest BCUT2D eigenvalue weighted by atomic mass is 10.1. The van der Waals surface area contributed by atoms with Gasteiger partial charge in [-0.1, -0.05) is 6.07 Å². The Labute approximate surface area is 126 Å². The number of carbonyl (C=O) groups is 1. The monoisotopic (exact) mass is 288 g/mol. The predicted octanol–water partition coefficient (Wildman–Crippen LogP) is 1.13. The topological polar surface area (TPSA) is 39.7 Å². The summed E-state index contributed by atoms with van der Waals surface area (Å²) in [7, 11) is 2.06. The molecule has 3 heterocycles. The number of hydrogen-bond acceptors (Lipinski definition) is 4. The minimum absolute atomic E-state index is 0.105. The molecular formula is C16H24N4O. The summed E-state index contributed by atoms with van der Waals surface area (Å²) in [6.45, 7) is 6.50. The molecule has 0 saturated carbocycles. The zero-order valence-electron chi connectivity index (χ0n) is 13.0. The van der Waals surface area contributed by atoms with Crippen molar-refractivity contribution in [1.82, 2.24) is 14.8 Å². The summed E-state index contributed by atoms with van der Waals surface area (Å²) in [4.78, 5) is 23.6. The van der Waals surface area contributed by atoms with E-state index in [4.69, 9.17) is 0 Å². The summed E-state index contributed by atoms with van der Waals surface area (Å²) in [5.41, 5.74) is 1.20. The van der Waals surface area contributed by atoms with Crippen molar-refractivity contribution in [3.63, 3.8) is 0 Å². The van der Waals surface area contributed by atoms with Gasteiger partial charge in [-0.15, -0.1) is 0 Å². The van der Waals surface area contributed by atoms with E-state index in [1.807, 2.05) is 17.2 Å². The number of anilines is 1. The smallest absolute Gasteiger partial charge is 0.240 e. The Morgan fingerprint density at radius 1 is 1.24 bits per heavy atom. The lowest BCUT2D eigenvalue weighted by Gasteiger charge is -2.37. The second kappa shape index (κ2) is 6.02. The minimum Gasteiger partial charge on any atom is -0.353 e. The van der Waals surface area contributed by atoms with Crippen LogP contribution in [0.1, 0.15) is 18.4 Å². The first kappa shape index (κ1) is 14.3. The molecule has 0 N–H and O–H groups in total. The fraction of sp³-hybridized carbons (Fsp3) is 0.625. The number of piperazine rings is 1. The van der Waals surface area contributed by atoms with Gasteiger partial charge < -0.3 is 9.80 Å². The number of pyridine rings is 1. The van der Waals surface area contributed by atoms with E-state index >= 15 is 0 Å². The lowest BCUT2D eigenvalue weighted by molar-refractivity contribution is -0.135. The minimum atomic E-state index is 0.105. The van der Waals surface area contributed by atoms with E-state index in [9.17, 15) is 4.79 Å². The molecule has 0 radical (unpaired) electrons. The van der Waals surface area contributed by atoms with Crippen molar-refractivity contribution in [3.8, 4) is 0 Å². The lowest BCUT2D eigenvalue weighted by Crippen LogP contribution is -2.53. The van der Waals surface area contributed by atoms with Crippen molar-refractivity contribution in [3.05, 3.63) is 23.9 Å². The van der Waals surface area contributed by atoms with Crippen molar-refractivity contribution < 1.29 is 4.79 Å². The molecule has 1 atom stereocenters. The fourth-order valence-electron chi connectivity index (χ4n) is 3.38. The molecule has 2 aliphatic rings. The zero-order chi connectivity index (χ0) is 14.8. The quantitative estimate of drug-likeness (QED) is 0.818. The molecule has 0 spiro atoms. The first-order valence-corrected chi connectivity index (χ1v) is 7.82. The molecule has 2 aliphatic heterocycles. The van der Waals surface area contributed by atoms with E-state index in [0.717, 1.165) is 51.4 Å². The van der Waals surface area contributed by atoms with Crippen molar-refractivity contribution in [2.24, 2.45) is 0 Å². The van der Waals surface area contributed by atoms with Gasteiger partial charge in [-0.25, -0.2) is 4.98 Å². The summed E-state index contributed by atoms with van der Waals surface area (Å²) < 4.78 is 0. The Morgan fingerprint density at radius 2 is 2.00 bits per heavy atom. The molecule has 114 valence electrons.